The quantitative estimate of drug-likeness (QED) is 0.834. The summed E-state index contributed by atoms with van der Waals surface area (Å²) in [7, 11) is 0. The zero-order chi connectivity index (χ0) is 14.6. The predicted octanol–water partition coefficient (Wildman–Crippen LogP) is 3.27. The normalized spacial score (nSPS) is 25.9. The maximum absolute atomic E-state index is 12.8. The van der Waals surface area contributed by atoms with Gasteiger partial charge in [-0.3, -0.25) is 4.79 Å². The van der Waals surface area contributed by atoms with E-state index in [1.54, 1.807) is 6.07 Å². The molecule has 1 spiro atoms. The molecule has 3 heteroatoms. The highest BCUT2D eigenvalue weighted by molar-refractivity contribution is 5.95. The van der Waals surface area contributed by atoms with Gasteiger partial charge in [-0.2, -0.15) is 5.26 Å². The molecule has 108 valence electrons. The Morgan fingerprint density at radius 1 is 1.38 bits per heavy atom. The summed E-state index contributed by atoms with van der Waals surface area (Å²) in [6, 6.07) is 8.17. The molecule has 3 fully saturated rings. The molecular weight excluding hydrogens is 260 g/mol. The van der Waals surface area contributed by atoms with Crippen LogP contribution in [0.25, 0.3) is 0 Å². The second kappa shape index (κ2) is 4.34. The highest BCUT2D eigenvalue weighted by Crippen LogP contribution is 2.59. The number of nitrogens with zero attached hydrogens (tertiary/aromatic N) is 2. The number of rotatable bonds is 2. The maximum atomic E-state index is 12.8. The number of nitriles is 1. The van der Waals surface area contributed by atoms with Crippen molar-refractivity contribution in [2.24, 2.45) is 11.3 Å². The van der Waals surface area contributed by atoms with Gasteiger partial charge in [-0.1, -0.05) is 12.5 Å². The summed E-state index contributed by atoms with van der Waals surface area (Å²) in [5.74, 6) is 0.866. The molecule has 0 aromatic heterocycles. The Morgan fingerprint density at radius 3 is 2.71 bits per heavy atom. The Labute approximate surface area is 125 Å². The van der Waals surface area contributed by atoms with Crippen molar-refractivity contribution in [3.05, 3.63) is 34.9 Å². The van der Waals surface area contributed by atoms with Crippen LogP contribution >= 0.6 is 0 Å². The number of likely N-dealkylation sites (tertiary alicyclic amines) is 1. The van der Waals surface area contributed by atoms with Gasteiger partial charge in [0.25, 0.3) is 5.91 Å². The molecule has 1 amide bonds. The van der Waals surface area contributed by atoms with Crippen molar-refractivity contribution in [3.8, 4) is 6.07 Å². The molecule has 0 bridgehead atoms. The average molecular weight is 280 g/mol. The van der Waals surface area contributed by atoms with Crippen LogP contribution in [0.15, 0.2) is 18.2 Å². The molecular formula is C18H20N2O. The lowest BCUT2D eigenvalue weighted by Crippen LogP contribution is -2.69. The second-order valence-corrected chi connectivity index (χ2v) is 7.07. The number of hydrogen-bond acceptors (Lipinski definition) is 2. The lowest BCUT2D eigenvalue weighted by molar-refractivity contribution is -0.111. The van der Waals surface area contributed by atoms with Crippen LogP contribution in [0.3, 0.4) is 0 Å². The van der Waals surface area contributed by atoms with Crippen molar-refractivity contribution < 1.29 is 4.79 Å². The fourth-order valence-electron chi connectivity index (χ4n) is 4.24. The predicted molar refractivity (Wildman–Crippen MR) is 79.7 cm³/mol. The first-order valence-corrected chi connectivity index (χ1v) is 7.96. The minimum Gasteiger partial charge on any atom is -0.334 e. The number of aryl methyl sites for hydroxylation is 1. The largest absolute Gasteiger partial charge is 0.334 e. The van der Waals surface area contributed by atoms with E-state index in [-0.39, 0.29) is 5.91 Å². The fraction of sp³-hybridized carbons (Fsp3) is 0.556. The van der Waals surface area contributed by atoms with Gasteiger partial charge in [0.1, 0.15) is 0 Å². The molecule has 3 nitrogen and oxygen atoms in total. The van der Waals surface area contributed by atoms with E-state index in [0.717, 1.165) is 18.0 Å². The third-order valence-corrected chi connectivity index (χ3v) is 5.73. The molecule has 1 unspecified atom stereocenters. The molecule has 1 aromatic carbocycles. The smallest absolute Gasteiger partial charge is 0.254 e. The van der Waals surface area contributed by atoms with Crippen molar-refractivity contribution in [3.63, 3.8) is 0 Å². The van der Waals surface area contributed by atoms with Crippen molar-refractivity contribution in [2.75, 3.05) is 6.54 Å². The van der Waals surface area contributed by atoms with Crippen LogP contribution in [0.1, 0.15) is 53.6 Å². The van der Waals surface area contributed by atoms with Crippen LogP contribution in [-0.4, -0.2) is 23.4 Å². The van der Waals surface area contributed by atoms with Gasteiger partial charge in [-0.25, -0.2) is 0 Å². The van der Waals surface area contributed by atoms with E-state index in [0.29, 0.717) is 22.6 Å². The molecule has 1 saturated heterocycles. The summed E-state index contributed by atoms with van der Waals surface area (Å²) in [6.45, 7) is 2.84. The van der Waals surface area contributed by atoms with Crippen molar-refractivity contribution in [1.82, 2.24) is 4.90 Å². The highest BCUT2D eigenvalue weighted by atomic mass is 16.2. The highest BCUT2D eigenvalue weighted by Gasteiger charge is 2.61. The Bertz CT molecular complexity index is 650. The molecule has 1 heterocycles. The number of benzene rings is 1. The van der Waals surface area contributed by atoms with E-state index in [1.807, 2.05) is 19.1 Å². The monoisotopic (exact) mass is 280 g/mol. The number of hydrogen-bond donors (Lipinski definition) is 0. The first kappa shape index (κ1) is 12.9. The summed E-state index contributed by atoms with van der Waals surface area (Å²) in [4.78, 5) is 14.9. The van der Waals surface area contributed by atoms with Crippen LogP contribution in [0, 0.1) is 29.6 Å². The number of carbonyl (C=O) groups is 1. The van der Waals surface area contributed by atoms with Crippen molar-refractivity contribution in [1.29, 1.82) is 5.26 Å². The van der Waals surface area contributed by atoms with Gasteiger partial charge in [-0.05, 0) is 56.2 Å². The van der Waals surface area contributed by atoms with Crippen LogP contribution in [-0.2, 0) is 0 Å². The molecule has 4 rings (SSSR count). The summed E-state index contributed by atoms with van der Waals surface area (Å²) < 4.78 is 0. The molecule has 0 radical (unpaired) electrons. The van der Waals surface area contributed by atoms with E-state index in [1.165, 1.54) is 32.1 Å². The minimum atomic E-state index is 0.126. The van der Waals surface area contributed by atoms with E-state index in [2.05, 4.69) is 11.0 Å². The minimum absolute atomic E-state index is 0.126. The molecule has 0 N–H and O–H groups in total. The van der Waals surface area contributed by atoms with Gasteiger partial charge >= 0.3 is 0 Å². The van der Waals surface area contributed by atoms with E-state index in [4.69, 9.17) is 5.26 Å². The summed E-state index contributed by atoms with van der Waals surface area (Å²) >= 11 is 0. The standard InChI is InChI=1S/C18H20N2O/c1-12-3-4-14(9-15(12)10-19)17(21)20-11-18(7-2-8-18)16(20)13-5-6-13/h3-4,9,13,16H,2,5-8,11H2,1H3. The van der Waals surface area contributed by atoms with Crippen molar-refractivity contribution in [2.45, 2.75) is 45.1 Å². The maximum Gasteiger partial charge on any atom is 0.254 e. The third-order valence-electron chi connectivity index (χ3n) is 5.73. The fourth-order valence-corrected chi connectivity index (χ4v) is 4.24. The Balaban J connectivity index is 1.59. The molecule has 3 aliphatic rings. The SMILES string of the molecule is Cc1ccc(C(=O)N2CC3(CCC3)C2C2CC2)cc1C#N. The first-order valence-electron chi connectivity index (χ1n) is 7.96. The van der Waals surface area contributed by atoms with Crippen LogP contribution in [0.2, 0.25) is 0 Å². The van der Waals surface area contributed by atoms with E-state index >= 15 is 0 Å². The first-order chi connectivity index (χ1) is 10.1. The molecule has 2 aliphatic carbocycles. The van der Waals surface area contributed by atoms with Gasteiger partial charge in [0.15, 0.2) is 0 Å². The van der Waals surface area contributed by atoms with Gasteiger partial charge in [0.2, 0.25) is 0 Å². The van der Waals surface area contributed by atoms with Gasteiger partial charge in [0, 0.05) is 23.6 Å². The summed E-state index contributed by atoms with van der Waals surface area (Å²) in [5.41, 5.74) is 2.69. The molecule has 2 saturated carbocycles. The van der Waals surface area contributed by atoms with Gasteiger partial charge < -0.3 is 4.90 Å². The van der Waals surface area contributed by atoms with Crippen LogP contribution in [0.4, 0.5) is 0 Å². The lowest BCUT2D eigenvalue weighted by atomic mass is 9.56. The molecule has 1 atom stereocenters. The van der Waals surface area contributed by atoms with Gasteiger partial charge in [-0.15, -0.1) is 0 Å². The number of amides is 1. The van der Waals surface area contributed by atoms with Crippen LogP contribution < -0.4 is 0 Å². The molecule has 1 aliphatic heterocycles. The van der Waals surface area contributed by atoms with E-state index < -0.39 is 0 Å². The van der Waals surface area contributed by atoms with Gasteiger partial charge in [0.05, 0.1) is 11.6 Å². The summed E-state index contributed by atoms with van der Waals surface area (Å²) in [5, 5.41) is 9.14. The third kappa shape index (κ3) is 1.82. The second-order valence-electron chi connectivity index (χ2n) is 7.07. The Morgan fingerprint density at radius 2 is 2.14 bits per heavy atom. The molecule has 1 aromatic rings. The summed E-state index contributed by atoms with van der Waals surface area (Å²) in [6.07, 6.45) is 6.50. The van der Waals surface area contributed by atoms with Crippen molar-refractivity contribution >= 4 is 5.91 Å². The zero-order valence-electron chi connectivity index (χ0n) is 12.4. The zero-order valence-corrected chi connectivity index (χ0v) is 12.4. The lowest BCUT2D eigenvalue weighted by Gasteiger charge is -2.63. The molecule has 21 heavy (non-hydrogen) atoms. The van der Waals surface area contributed by atoms with E-state index in [9.17, 15) is 4.79 Å². The Kier molecular flexibility index (Phi) is 2.66. The Hall–Kier alpha value is -1.82. The number of carbonyl (C=O) groups excluding carboxylic acids is 1. The van der Waals surface area contributed by atoms with Crippen LogP contribution in [0.5, 0.6) is 0 Å². The average Bonchev–Trinajstić information content (AvgIpc) is 3.20. The topological polar surface area (TPSA) is 44.1 Å².